The van der Waals surface area contributed by atoms with E-state index in [0.717, 1.165) is 5.75 Å². The Morgan fingerprint density at radius 2 is 1.74 bits per heavy atom. The van der Waals surface area contributed by atoms with Crippen molar-refractivity contribution in [3.8, 4) is 17.6 Å². The number of amides is 1. The molecule has 0 aliphatic carbocycles. The van der Waals surface area contributed by atoms with E-state index in [1.165, 1.54) is 0 Å². The van der Waals surface area contributed by atoms with E-state index < -0.39 is 0 Å². The van der Waals surface area contributed by atoms with Gasteiger partial charge in [-0.25, -0.2) is 4.79 Å². The normalized spacial score (nSPS) is 9.16. The van der Waals surface area contributed by atoms with Gasteiger partial charge in [-0.05, 0) is 26.0 Å². The molecule has 0 saturated heterocycles. The van der Waals surface area contributed by atoms with Crippen LogP contribution < -0.4 is 4.74 Å². The van der Waals surface area contributed by atoms with Gasteiger partial charge in [0.25, 0.3) is 0 Å². The fourth-order valence-electron chi connectivity index (χ4n) is 1.41. The number of hydrogen-bond donors (Lipinski definition) is 0. The predicted molar refractivity (Wildman–Crippen MR) is 74.0 cm³/mol. The Labute approximate surface area is 114 Å². The first-order valence-electron chi connectivity index (χ1n) is 6.33. The first-order chi connectivity index (χ1) is 9.27. The van der Waals surface area contributed by atoms with Crippen LogP contribution in [0, 0.1) is 11.8 Å². The molecule has 0 unspecified atom stereocenters. The summed E-state index contributed by atoms with van der Waals surface area (Å²) in [5.41, 5.74) is 0. The summed E-state index contributed by atoms with van der Waals surface area (Å²) in [5.74, 6) is 6.32. The molecule has 1 rings (SSSR count). The first-order valence-corrected chi connectivity index (χ1v) is 6.33. The Morgan fingerprint density at radius 1 is 1.11 bits per heavy atom. The van der Waals surface area contributed by atoms with Gasteiger partial charge in [0, 0.05) is 13.1 Å². The van der Waals surface area contributed by atoms with Crippen molar-refractivity contribution in [1.82, 2.24) is 4.90 Å². The highest BCUT2D eigenvalue weighted by atomic mass is 16.6. The summed E-state index contributed by atoms with van der Waals surface area (Å²) in [6.45, 7) is 5.47. The van der Waals surface area contributed by atoms with Crippen LogP contribution >= 0.6 is 0 Å². The summed E-state index contributed by atoms with van der Waals surface area (Å²) in [7, 11) is 0. The number of carbonyl (C=O) groups excluding carboxylic acids is 1. The highest BCUT2D eigenvalue weighted by Crippen LogP contribution is 2.07. The van der Waals surface area contributed by atoms with E-state index in [0.29, 0.717) is 13.1 Å². The molecule has 19 heavy (non-hydrogen) atoms. The van der Waals surface area contributed by atoms with Crippen LogP contribution in [0.15, 0.2) is 30.3 Å². The quantitative estimate of drug-likeness (QED) is 0.765. The molecule has 0 fully saturated rings. The lowest BCUT2D eigenvalue weighted by molar-refractivity contribution is 0.118. The Morgan fingerprint density at radius 3 is 2.37 bits per heavy atom. The summed E-state index contributed by atoms with van der Waals surface area (Å²) >= 11 is 0. The fraction of sp³-hybridized carbons (Fsp3) is 0.400. The lowest BCUT2D eigenvalue weighted by Gasteiger charge is -2.16. The molecule has 0 saturated carbocycles. The zero-order valence-corrected chi connectivity index (χ0v) is 11.4. The SMILES string of the molecule is CCN(CC)C(=O)OCC#CCOc1ccccc1. The molecule has 4 nitrogen and oxygen atoms in total. The number of nitrogens with zero attached hydrogens (tertiary/aromatic N) is 1. The standard InChI is InChI=1S/C15H19NO3/c1-3-16(4-2)15(17)19-13-9-8-12-18-14-10-6-5-7-11-14/h5-7,10-11H,3-4,12-13H2,1-2H3. The third-order valence-electron chi connectivity index (χ3n) is 2.47. The smallest absolute Gasteiger partial charge is 0.410 e. The number of benzene rings is 1. The van der Waals surface area contributed by atoms with Crippen molar-refractivity contribution in [3.63, 3.8) is 0 Å². The van der Waals surface area contributed by atoms with Gasteiger partial charge in [0.2, 0.25) is 0 Å². The minimum absolute atomic E-state index is 0.0908. The molecule has 0 bridgehead atoms. The Kier molecular flexibility index (Phi) is 6.96. The summed E-state index contributed by atoms with van der Waals surface area (Å²) in [5, 5.41) is 0. The molecule has 1 aromatic carbocycles. The predicted octanol–water partition coefficient (Wildman–Crippen LogP) is 2.55. The minimum atomic E-state index is -0.330. The van der Waals surface area contributed by atoms with Crippen molar-refractivity contribution in [2.24, 2.45) is 0 Å². The van der Waals surface area contributed by atoms with Gasteiger partial charge in [-0.3, -0.25) is 0 Å². The van der Waals surface area contributed by atoms with Crippen molar-refractivity contribution in [2.45, 2.75) is 13.8 Å². The molecule has 0 aliphatic rings. The molecule has 102 valence electrons. The van der Waals surface area contributed by atoms with Crippen LogP contribution in [0.1, 0.15) is 13.8 Å². The lowest BCUT2D eigenvalue weighted by Crippen LogP contribution is -2.31. The molecule has 0 atom stereocenters. The monoisotopic (exact) mass is 261 g/mol. The van der Waals surface area contributed by atoms with Gasteiger partial charge in [-0.2, -0.15) is 0 Å². The molecule has 0 aromatic heterocycles. The molecule has 0 heterocycles. The summed E-state index contributed by atoms with van der Waals surface area (Å²) in [6, 6.07) is 9.44. The average Bonchev–Trinajstić information content (AvgIpc) is 2.45. The highest BCUT2D eigenvalue weighted by molar-refractivity contribution is 5.67. The molecule has 0 aliphatic heterocycles. The lowest BCUT2D eigenvalue weighted by atomic mass is 10.3. The maximum Gasteiger partial charge on any atom is 0.410 e. The Bertz CT molecular complexity index is 430. The summed E-state index contributed by atoms with van der Waals surface area (Å²) < 4.78 is 10.4. The van der Waals surface area contributed by atoms with Gasteiger partial charge in [-0.15, -0.1) is 0 Å². The van der Waals surface area contributed by atoms with E-state index in [4.69, 9.17) is 9.47 Å². The van der Waals surface area contributed by atoms with Crippen molar-refractivity contribution in [1.29, 1.82) is 0 Å². The zero-order chi connectivity index (χ0) is 13.9. The van der Waals surface area contributed by atoms with Gasteiger partial charge < -0.3 is 14.4 Å². The van der Waals surface area contributed by atoms with Gasteiger partial charge in [0.05, 0.1) is 0 Å². The number of ether oxygens (including phenoxy) is 2. The van der Waals surface area contributed by atoms with Gasteiger partial charge in [0.15, 0.2) is 6.61 Å². The zero-order valence-electron chi connectivity index (χ0n) is 11.4. The van der Waals surface area contributed by atoms with Crippen LogP contribution in [0.25, 0.3) is 0 Å². The van der Waals surface area contributed by atoms with E-state index >= 15 is 0 Å². The van der Waals surface area contributed by atoms with Crippen LogP contribution in [0.5, 0.6) is 5.75 Å². The molecule has 0 spiro atoms. The number of carbonyl (C=O) groups is 1. The number of para-hydroxylation sites is 1. The van der Waals surface area contributed by atoms with Crippen LogP contribution in [-0.4, -0.2) is 37.3 Å². The maximum atomic E-state index is 11.5. The molecule has 0 N–H and O–H groups in total. The second-order valence-electron chi connectivity index (χ2n) is 3.68. The topological polar surface area (TPSA) is 38.8 Å². The van der Waals surface area contributed by atoms with Crippen LogP contribution in [-0.2, 0) is 4.74 Å². The molecule has 1 aromatic rings. The van der Waals surface area contributed by atoms with E-state index in [1.807, 2.05) is 44.2 Å². The van der Waals surface area contributed by atoms with Crippen molar-refractivity contribution >= 4 is 6.09 Å². The third-order valence-corrected chi connectivity index (χ3v) is 2.47. The van der Waals surface area contributed by atoms with Gasteiger partial charge >= 0.3 is 6.09 Å². The average molecular weight is 261 g/mol. The highest BCUT2D eigenvalue weighted by Gasteiger charge is 2.08. The van der Waals surface area contributed by atoms with Crippen molar-refractivity contribution in [2.75, 3.05) is 26.3 Å². The molecule has 0 radical (unpaired) electrons. The van der Waals surface area contributed by atoms with Gasteiger partial charge in [-0.1, -0.05) is 30.0 Å². The second-order valence-corrected chi connectivity index (χ2v) is 3.68. The van der Waals surface area contributed by atoms with E-state index in [2.05, 4.69) is 11.8 Å². The fourth-order valence-corrected chi connectivity index (χ4v) is 1.41. The maximum absolute atomic E-state index is 11.5. The Balaban J connectivity index is 2.20. The van der Waals surface area contributed by atoms with Gasteiger partial charge in [0.1, 0.15) is 12.4 Å². The van der Waals surface area contributed by atoms with Crippen molar-refractivity contribution < 1.29 is 14.3 Å². The number of hydrogen-bond acceptors (Lipinski definition) is 3. The van der Waals surface area contributed by atoms with E-state index in [9.17, 15) is 4.79 Å². The Hall–Kier alpha value is -2.15. The van der Waals surface area contributed by atoms with Crippen LogP contribution in [0.2, 0.25) is 0 Å². The van der Waals surface area contributed by atoms with E-state index in [1.54, 1.807) is 4.90 Å². The van der Waals surface area contributed by atoms with Crippen LogP contribution in [0.4, 0.5) is 4.79 Å². The van der Waals surface area contributed by atoms with Crippen molar-refractivity contribution in [3.05, 3.63) is 30.3 Å². The van der Waals surface area contributed by atoms with Crippen LogP contribution in [0.3, 0.4) is 0 Å². The first kappa shape index (κ1) is 14.9. The molecular weight excluding hydrogens is 242 g/mol. The minimum Gasteiger partial charge on any atom is -0.481 e. The second kappa shape index (κ2) is 8.87. The third kappa shape index (κ3) is 5.82. The number of rotatable bonds is 5. The largest absolute Gasteiger partial charge is 0.481 e. The molecular formula is C15H19NO3. The summed E-state index contributed by atoms with van der Waals surface area (Å²) in [6.07, 6.45) is -0.330. The molecule has 1 amide bonds. The van der Waals surface area contributed by atoms with E-state index in [-0.39, 0.29) is 19.3 Å². The molecule has 4 heteroatoms. The summed E-state index contributed by atoms with van der Waals surface area (Å²) in [4.78, 5) is 13.1.